The summed E-state index contributed by atoms with van der Waals surface area (Å²) in [6, 6.07) is 7.54. The Morgan fingerprint density at radius 1 is 1.38 bits per heavy atom. The van der Waals surface area contributed by atoms with Crippen LogP contribution in [0.1, 0.15) is 0 Å². The Morgan fingerprint density at radius 3 is 2.92 bits per heavy atom. The van der Waals surface area contributed by atoms with E-state index in [0.717, 1.165) is 23.7 Å². The molecule has 0 aliphatic rings. The normalized spacial score (nSPS) is 10.6. The summed E-state index contributed by atoms with van der Waals surface area (Å²) in [7, 11) is 0. The van der Waals surface area contributed by atoms with Crippen LogP contribution in [0.5, 0.6) is 0 Å². The van der Waals surface area contributed by atoms with Gasteiger partial charge in [-0.05, 0) is 40.8 Å². The molecule has 4 heteroatoms. The molecule has 0 saturated heterocycles. The van der Waals surface area contributed by atoms with Gasteiger partial charge in [-0.25, -0.2) is 0 Å². The number of halogens is 2. The Balaban J connectivity index is 2.94. The first kappa shape index (κ1) is 9.21. The second kappa shape index (κ2) is 3.42. The van der Waals surface area contributed by atoms with Gasteiger partial charge in [0.15, 0.2) is 6.20 Å². The van der Waals surface area contributed by atoms with Gasteiger partial charge in [-0.2, -0.15) is 4.73 Å². The zero-order valence-corrected chi connectivity index (χ0v) is 10.2. The zero-order chi connectivity index (χ0) is 9.42. The molecule has 0 amide bonds. The predicted molar refractivity (Wildman–Crippen MR) is 63.3 cm³/mol. The number of aromatic nitrogens is 1. The zero-order valence-electron chi connectivity index (χ0n) is 6.50. The van der Waals surface area contributed by atoms with Crippen LogP contribution in [0.4, 0.5) is 0 Å². The minimum Gasteiger partial charge on any atom is -0.618 e. The number of hydrogen-bond acceptors (Lipinski definition) is 1. The Morgan fingerprint density at radius 2 is 2.15 bits per heavy atom. The number of fused-ring (bicyclic) bond motifs is 1. The molecule has 1 aromatic carbocycles. The van der Waals surface area contributed by atoms with Crippen molar-refractivity contribution in [2.75, 3.05) is 0 Å². The molecule has 0 radical (unpaired) electrons. The molecule has 0 unspecified atom stereocenters. The van der Waals surface area contributed by atoms with Crippen molar-refractivity contribution >= 4 is 49.4 Å². The number of rotatable bonds is 0. The van der Waals surface area contributed by atoms with Gasteiger partial charge in [0.2, 0.25) is 5.52 Å². The number of pyridine rings is 1. The summed E-state index contributed by atoms with van der Waals surface area (Å²) in [5.41, 5.74) is 0.728. The maximum absolute atomic E-state index is 11.4. The van der Waals surface area contributed by atoms with E-state index in [9.17, 15) is 5.21 Å². The monoisotopic (exact) mass is 349 g/mol. The van der Waals surface area contributed by atoms with Crippen LogP contribution < -0.4 is 4.73 Å². The van der Waals surface area contributed by atoms with Gasteiger partial charge in [0.1, 0.15) is 0 Å². The van der Waals surface area contributed by atoms with Crippen LogP contribution in [0.2, 0.25) is 0 Å². The van der Waals surface area contributed by atoms with Gasteiger partial charge in [0, 0.05) is 15.9 Å². The summed E-state index contributed by atoms with van der Waals surface area (Å²) in [6.45, 7) is 0. The largest absolute Gasteiger partial charge is 0.618 e. The Labute approximate surface area is 97.4 Å². The van der Waals surface area contributed by atoms with Gasteiger partial charge < -0.3 is 5.21 Å². The first-order valence-electron chi connectivity index (χ1n) is 3.65. The van der Waals surface area contributed by atoms with Gasteiger partial charge >= 0.3 is 0 Å². The molecule has 1 aromatic heterocycles. The van der Waals surface area contributed by atoms with Crippen LogP contribution in [-0.4, -0.2) is 0 Å². The summed E-state index contributed by atoms with van der Waals surface area (Å²) in [5.74, 6) is 0. The molecule has 2 aromatic rings. The Hall–Kier alpha value is -0.360. The number of nitrogens with zero attached hydrogens (tertiary/aromatic N) is 1. The minimum absolute atomic E-state index is 0.728. The molecule has 0 aliphatic carbocycles. The lowest BCUT2D eigenvalue weighted by molar-refractivity contribution is -0.577. The first-order valence-corrected chi connectivity index (χ1v) is 5.52. The molecule has 0 spiro atoms. The maximum Gasteiger partial charge on any atom is 0.237 e. The van der Waals surface area contributed by atoms with Crippen molar-refractivity contribution in [3.63, 3.8) is 0 Å². The Bertz CT molecular complexity index is 472. The summed E-state index contributed by atoms with van der Waals surface area (Å²) in [5, 5.41) is 12.4. The summed E-state index contributed by atoms with van der Waals surface area (Å²) in [6.07, 6.45) is 1.51. The minimum atomic E-state index is 0.728. The molecule has 66 valence electrons. The van der Waals surface area contributed by atoms with E-state index in [0.29, 0.717) is 0 Å². The van der Waals surface area contributed by atoms with Crippen molar-refractivity contribution < 1.29 is 4.73 Å². The molecule has 2 nitrogen and oxygen atoms in total. The van der Waals surface area contributed by atoms with E-state index in [-0.39, 0.29) is 0 Å². The van der Waals surface area contributed by atoms with E-state index in [1.807, 2.05) is 18.2 Å². The van der Waals surface area contributed by atoms with Crippen LogP contribution in [0.25, 0.3) is 10.9 Å². The Kier molecular flexibility index (Phi) is 2.42. The third-order valence-corrected chi connectivity index (χ3v) is 3.06. The van der Waals surface area contributed by atoms with Crippen LogP contribution >= 0.6 is 38.5 Å². The van der Waals surface area contributed by atoms with Crippen molar-refractivity contribution in [1.29, 1.82) is 0 Å². The number of hydrogen-bond donors (Lipinski definition) is 0. The van der Waals surface area contributed by atoms with E-state index in [1.54, 1.807) is 6.07 Å². The fourth-order valence-corrected chi connectivity index (χ4v) is 3.03. The highest BCUT2D eigenvalue weighted by atomic mass is 127. The molecule has 0 aliphatic heterocycles. The van der Waals surface area contributed by atoms with E-state index >= 15 is 0 Å². The van der Waals surface area contributed by atoms with Crippen molar-refractivity contribution in [2.45, 2.75) is 0 Å². The molecular formula is C9H5BrINO. The average molecular weight is 350 g/mol. The van der Waals surface area contributed by atoms with E-state index < -0.39 is 0 Å². The van der Waals surface area contributed by atoms with Gasteiger partial charge in [-0.3, -0.25) is 0 Å². The first-order chi connectivity index (χ1) is 6.18. The lowest BCUT2D eigenvalue weighted by atomic mass is 10.2. The fourth-order valence-electron chi connectivity index (χ4n) is 1.24. The molecule has 0 fully saturated rings. The van der Waals surface area contributed by atoms with Gasteiger partial charge in [0.05, 0.1) is 3.57 Å². The average Bonchev–Trinajstić information content (AvgIpc) is 2.02. The van der Waals surface area contributed by atoms with E-state index in [1.165, 1.54) is 6.20 Å². The van der Waals surface area contributed by atoms with Crippen LogP contribution in [0.3, 0.4) is 0 Å². The second-order valence-corrected chi connectivity index (χ2v) is 4.74. The highest BCUT2D eigenvalue weighted by molar-refractivity contribution is 14.1. The second-order valence-electron chi connectivity index (χ2n) is 2.66. The van der Waals surface area contributed by atoms with Crippen LogP contribution in [0.15, 0.2) is 34.9 Å². The SMILES string of the molecule is [O-][n+]1cccc2cc(Br)cc(I)c21. The topological polar surface area (TPSA) is 26.9 Å². The lowest BCUT2D eigenvalue weighted by Crippen LogP contribution is -2.26. The highest BCUT2D eigenvalue weighted by Gasteiger charge is 2.08. The summed E-state index contributed by atoms with van der Waals surface area (Å²) in [4.78, 5) is 0. The molecule has 1 heterocycles. The smallest absolute Gasteiger partial charge is 0.237 e. The van der Waals surface area contributed by atoms with Crippen molar-refractivity contribution in [1.82, 2.24) is 0 Å². The van der Waals surface area contributed by atoms with Gasteiger partial charge in [-0.1, -0.05) is 15.9 Å². The third-order valence-electron chi connectivity index (χ3n) is 1.78. The van der Waals surface area contributed by atoms with Crippen LogP contribution in [-0.2, 0) is 0 Å². The van der Waals surface area contributed by atoms with E-state index in [2.05, 4.69) is 38.5 Å². The van der Waals surface area contributed by atoms with Gasteiger partial charge in [0.25, 0.3) is 0 Å². The predicted octanol–water partition coefficient (Wildman–Crippen LogP) is 2.84. The number of benzene rings is 1. The summed E-state index contributed by atoms with van der Waals surface area (Å²) < 4.78 is 2.84. The third kappa shape index (κ3) is 1.65. The van der Waals surface area contributed by atoms with Crippen molar-refractivity contribution in [2.24, 2.45) is 0 Å². The highest BCUT2D eigenvalue weighted by Crippen LogP contribution is 2.22. The van der Waals surface area contributed by atoms with Crippen LogP contribution in [0, 0.1) is 8.78 Å². The molecule has 0 bridgehead atoms. The van der Waals surface area contributed by atoms with Gasteiger partial charge in [-0.15, -0.1) is 0 Å². The lowest BCUT2D eigenvalue weighted by Gasteiger charge is -2.02. The molecule has 0 saturated carbocycles. The standard InChI is InChI=1S/C9H5BrINO/c10-7-4-6-2-1-3-12(13)9(6)8(11)5-7/h1-5H. The molecular weight excluding hydrogens is 345 g/mol. The van der Waals surface area contributed by atoms with Crippen molar-refractivity contribution in [3.8, 4) is 0 Å². The maximum atomic E-state index is 11.4. The van der Waals surface area contributed by atoms with E-state index in [4.69, 9.17) is 0 Å². The molecule has 2 rings (SSSR count). The molecule has 0 N–H and O–H groups in total. The summed E-state index contributed by atoms with van der Waals surface area (Å²) >= 11 is 5.55. The fraction of sp³-hybridized carbons (Fsp3) is 0. The quantitative estimate of drug-likeness (QED) is 0.408. The van der Waals surface area contributed by atoms with Crippen molar-refractivity contribution in [3.05, 3.63) is 43.7 Å². The molecule has 0 atom stereocenters. The molecule has 13 heavy (non-hydrogen) atoms.